The summed E-state index contributed by atoms with van der Waals surface area (Å²) in [5.74, 6) is 0. The highest BCUT2D eigenvalue weighted by Crippen LogP contribution is 2.46. The molecule has 0 heterocycles. The molecular formula is C14H14Cl2O3. The molecule has 0 saturated heterocycles. The lowest BCUT2D eigenvalue weighted by atomic mass is 9.81. The average Bonchev–Trinajstić information content (AvgIpc) is 2.44. The van der Waals surface area contributed by atoms with Gasteiger partial charge in [0, 0.05) is 13.5 Å². The number of hydrogen-bond donors (Lipinski definition) is 1. The van der Waals surface area contributed by atoms with Crippen molar-refractivity contribution in [1.82, 2.24) is 0 Å². The zero-order valence-electron chi connectivity index (χ0n) is 10.3. The molecule has 0 amide bonds. The molecule has 0 radical (unpaired) electrons. The fraction of sp³-hybridized carbons (Fsp3) is 0.357. The van der Waals surface area contributed by atoms with Gasteiger partial charge in [0.05, 0.1) is 0 Å². The van der Waals surface area contributed by atoms with E-state index in [-0.39, 0.29) is 6.42 Å². The van der Waals surface area contributed by atoms with Crippen molar-refractivity contribution in [1.29, 1.82) is 0 Å². The maximum absolute atomic E-state index is 11.4. The summed E-state index contributed by atoms with van der Waals surface area (Å²) < 4.78 is 5.10. The predicted octanol–water partition coefficient (Wildman–Crippen LogP) is 2.59. The van der Waals surface area contributed by atoms with E-state index in [0.717, 1.165) is 5.56 Å². The standard InChI is InChI=1S/C14H14Cl2O3/c1-19-14(16)8-13(15,9-17)11(7-12(14)18)10-5-3-2-4-6-10/h2-7,9,12,18H,8H2,1H3. The molecule has 1 N–H and O–H groups in total. The maximum Gasteiger partial charge on any atom is 0.173 e. The summed E-state index contributed by atoms with van der Waals surface area (Å²) in [6.07, 6.45) is 1.07. The van der Waals surface area contributed by atoms with Crippen molar-refractivity contribution in [3.8, 4) is 0 Å². The van der Waals surface area contributed by atoms with E-state index in [0.29, 0.717) is 11.9 Å². The molecule has 0 aromatic heterocycles. The number of allylic oxidation sites excluding steroid dienone is 1. The van der Waals surface area contributed by atoms with E-state index >= 15 is 0 Å². The van der Waals surface area contributed by atoms with Crippen molar-refractivity contribution in [3.63, 3.8) is 0 Å². The Balaban J connectivity index is 2.52. The zero-order chi connectivity index (χ0) is 14.1. The molecule has 19 heavy (non-hydrogen) atoms. The van der Waals surface area contributed by atoms with Crippen LogP contribution in [0, 0.1) is 0 Å². The third kappa shape index (κ3) is 2.56. The van der Waals surface area contributed by atoms with Gasteiger partial charge in [-0.25, -0.2) is 0 Å². The molecule has 1 aliphatic carbocycles. The Morgan fingerprint density at radius 3 is 2.53 bits per heavy atom. The highest BCUT2D eigenvalue weighted by Gasteiger charge is 2.50. The smallest absolute Gasteiger partial charge is 0.173 e. The third-order valence-electron chi connectivity index (χ3n) is 3.32. The number of carbonyl (C=O) groups excluding carboxylic acids is 1. The van der Waals surface area contributed by atoms with Gasteiger partial charge in [0.15, 0.2) is 5.06 Å². The molecule has 2 rings (SSSR count). The number of ether oxygens (including phenoxy) is 1. The third-order valence-corrected chi connectivity index (χ3v) is 4.26. The minimum Gasteiger partial charge on any atom is -0.385 e. The number of benzene rings is 1. The first kappa shape index (κ1) is 14.5. The Hall–Kier alpha value is -0.870. The van der Waals surface area contributed by atoms with Crippen molar-refractivity contribution in [2.24, 2.45) is 0 Å². The molecule has 0 spiro atoms. The monoisotopic (exact) mass is 300 g/mol. The largest absolute Gasteiger partial charge is 0.385 e. The molecule has 1 aromatic rings. The lowest BCUT2D eigenvalue weighted by Gasteiger charge is -2.40. The van der Waals surface area contributed by atoms with Crippen LogP contribution in [0.3, 0.4) is 0 Å². The highest BCUT2D eigenvalue weighted by molar-refractivity contribution is 6.39. The number of rotatable bonds is 3. The van der Waals surface area contributed by atoms with Crippen LogP contribution in [0.2, 0.25) is 0 Å². The molecule has 1 aliphatic rings. The average molecular weight is 301 g/mol. The SMILES string of the molecule is COC1(Cl)CC(Cl)(C=O)C(c2ccccc2)=CC1O. The van der Waals surface area contributed by atoms with E-state index in [1.54, 1.807) is 0 Å². The second-order valence-electron chi connectivity index (χ2n) is 4.54. The van der Waals surface area contributed by atoms with Gasteiger partial charge in [-0.1, -0.05) is 41.9 Å². The van der Waals surface area contributed by atoms with Crippen molar-refractivity contribution >= 4 is 35.1 Å². The Morgan fingerprint density at radius 1 is 1.37 bits per heavy atom. The summed E-state index contributed by atoms with van der Waals surface area (Å²) in [6, 6.07) is 9.19. The van der Waals surface area contributed by atoms with Crippen molar-refractivity contribution < 1.29 is 14.6 Å². The van der Waals surface area contributed by atoms with Crippen LogP contribution in [0.15, 0.2) is 36.4 Å². The zero-order valence-corrected chi connectivity index (χ0v) is 11.9. The van der Waals surface area contributed by atoms with Crippen molar-refractivity contribution in [3.05, 3.63) is 42.0 Å². The Kier molecular flexibility index (Phi) is 4.02. The number of halogens is 2. The van der Waals surface area contributed by atoms with Gasteiger partial charge in [0.2, 0.25) is 0 Å². The van der Waals surface area contributed by atoms with Gasteiger partial charge in [0.25, 0.3) is 0 Å². The minimum atomic E-state index is -1.39. The predicted molar refractivity (Wildman–Crippen MR) is 75.3 cm³/mol. The summed E-state index contributed by atoms with van der Waals surface area (Å²) in [4.78, 5) is 10.1. The fourth-order valence-corrected chi connectivity index (χ4v) is 2.94. The Morgan fingerprint density at radius 2 is 2.00 bits per heavy atom. The van der Waals surface area contributed by atoms with Crippen LogP contribution in [0.25, 0.3) is 5.57 Å². The van der Waals surface area contributed by atoms with E-state index < -0.39 is 16.0 Å². The van der Waals surface area contributed by atoms with Gasteiger partial charge in [0.1, 0.15) is 17.3 Å². The molecule has 5 heteroatoms. The van der Waals surface area contributed by atoms with Gasteiger partial charge < -0.3 is 14.6 Å². The number of methoxy groups -OCH3 is 1. The van der Waals surface area contributed by atoms with Crippen LogP contribution in [0.4, 0.5) is 0 Å². The van der Waals surface area contributed by atoms with E-state index in [4.69, 9.17) is 27.9 Å². The number of aliphatic hydroxyl groups is 1. The minimum absolute atomic E-state index is 0.00892. The molecule has 3 unspecified atom stereocenters. The summed E-state index contributed by atoms with van der Waals surface area (Å²) in [7, 11) is 1.37. The number of alkyl halides is 2. The number of carbonyl (C=O) groups is 1. The van der Waals surface area contributed by atoms with Crippen molar-refractivity contribution in [2.75, 3.05) is 7.11 Å². The maximum atomic E-state index is 11.4. The van der Waals surface area contributed by atoms with Crippen LogP contribution >= 0.6 is 23.2 Å². The molecule has 0 bridgehead atoms. The van der Waals surface area contributed by atoms with Gasteiger partial charge in [-0.15, -0.1) is 11.6 Å². The number of aldehydes is 1. The summed E-state index contributed by atoms with van der Waals surface area (Å²) in [6.45, 7) is 0. The first-order valence-electron chi connectivity index (χ1n) is 5.80. The van der Waals surface area contributed by atoms with E-state index in [1.807, 2.05) is 30.3 Å². The molecule has 0 aliphatic heterocycles. The second kappa shape index (κ2) is 5.25. The second-order valence-corrected chi connectivity index (χ2v) is 5.85. The quantitative estimate of drug-likeness (QED) is 0.689. The first-order valence-corrected chi connectivity index (χ1v) is 6.56. The van der Waals surface area contributed by atoms with Gasteiger partial charge in [-0.05, 0) is 17.2 Å². The van der Waals surface area contributed by atoms with Gasteiger partial charge in [-0.3, -0.25) is 0 Å². The molecule has 0 fully saturated rings. The van der Waals surface area contributed by atoms with Crippen LogP contribution < -0.4 is 0 Å². The highest BCUT2D eigenvalue weighted by atomic mass is 35.5. The molecule has 0 saturated carbocycles. The Bertz CT molecular complexity index is 503. The molecule has 3 nitrogen and oxygen atoms in total. The van der Waals surface area contributed by atoms with Crippen LogP contribution in [-0.4, -0.2) is 34.5 Å². The lowest BCUT2D eigenvalue weighted by Crippen LogP contribution is -2.49. The normalized spacial score (nSPS) is 34.7. The van der Waals surface area contributed by atoms with E-state index in [9.17, 15) is 9.90 Å². The van der Waals surface area contributed by atoms with Gasteiger partial charge >= 0.3 is 0 Å². The van der Waals surface area contributed by atoms with Crippen LogP contribution in [0.1, 0.15) is 12.0 Å². The summed E-state index contributed by atoms with van der Waals surface area (Å²) in [5.41, 5.74) is 1.32. The first-order chi connectivity index (χ1) is 8.95. The van der Waals surface area contributed by atoms with Crippen LogP contribution in [-0.2, 0) is 9.53 Å². The number of aliphatic hydroxyl groups excluding tert-OH is 1. The summed E-state index contributed by atoms with van der Waals surface area (Å²) in [5, 5.41) is 8.69. The fourth-order valence-electron chi connectivity index (χ4n) is 2.22. The number of hydrogen-bond acceptors (Lipinski definition) is 3. The van der Waals surface area contributed by atoms with Crippen LogP contribution in [0.5, 0.6) is 0 Å². The Labute approximate surface area is 121 Å². The molecule has 3 atom stereocenters. The topological polar surface area (TPSA) is 46.5 Å². The van der Waals surface area contributed by atoms with E-state index in [1.165, 1.54) is 13.2 Å². The summed E-state index contributed by atoms with van der Waals surface area (Å²) >= 11 is 12.5. The van der Waals surface area contributed by atoms with Gasteiger partial charge in [-0.2, -0.15) is 0 Å². The molecule has 1 aromatic carbocycles. The van der Waals surface area contributed by atoms with E-state index in [2.05, 4.69) is 0 Å². The lowest BCUT2D eigenvalue weighted by molar-refractivity contribution is -0.111. The molecular weight excluding hydrogens is 287 g/mol. The molecule has 102 valence electrons. The van der Waals surface area contributed by atoms with Crippen molar-refractivity contribution in [2.45, 2.75) is 22.5 Å².